The maximum atomic E-state index is 10.8. The highest BCUT2D eigenvalue weighted by Crippen LogP contribution is 1.99. The van der Waals surface area contributed by atoms with Gasteiger partial charge in [-0.25, -0.2) is 0 Å². The van der Waals surface area contributed by atoms with E-state index in [-0.39, 0.29) is 18.6 Å². The van der Waals surface area contributed by atoms with Gasteiger partial charge in [0.25, 0.3) is 0 Å². The van der Waals surface area contributed by atoms with E-state index in [0.717, 1.165) is 0 Å². The van der Waals surface area contributed by atoms with Gasteiger partial charge in [-0.15, -0.1) is 0 Å². The molecule has 0 aromatic carbocycles. The normalized spacial score (nSPS) is 10.5. The summed E-state index contributed by atoms with van der Waals surface area (Å²) in [5.41, 5.74) is 5.18. The van der Waals surface area contributed by atoms with Gasteiger partial charge in [-0.05, 0) is 13.0 Å². The third-order valence-corrected chi connectivity index (χ3v) is 1.34. The number of hydrogen-bond acceptors (Lipinski definition) is 4. The van der Waals surface area contributed by atoms with Gasteiger partial charge in [0.05, 0.1) is 0 Å². The number of rotatable bonds is 6. The van der Waals surface area contributed by atoms with Gasteiger partial charge < -0.3 is 15.9 Å². The predicted molar refractivity (Wildman–Crippen MR) is 40.8 cm³/mol. The minimum Gasteiger partial charge on any atom is -0.368 e. The highest BCUT2D eigenvalue weighted by molar-refractivity contribution is 5.78. The van der Waals surface area contributed by atoms with Gasteiger partial charge in [-0.1, -0.05) is 0 Å². The van der Waals surface area contributed by atoms with Gasteiger partial charge in [0.2, 0.25) is 0 Å². The van der Waals surface area contributed by atoms with E-state index in [1.54, 1.807) is 0 Å². The molecule has 4 N–H and O–H groups in total. The Bertz CT molecular complexity index is 114. The van der Waals surface area contributed by atoms with E-state index in [2.05, 4.69) is 0 Å². The van der Waals surface area contributed by atoms with Gasteiger partial charge in [0.15, 0.2) is 6.29 Å². The molecule has 4 heteroatoms. The molecule has 0 aromatic heterocycles. The second-order valence-electron chi connectivity index (χ2n) is 2.45. The molecule has 0 spiro atoms. The average Bonchev–Trinajstić information content (AvgIpc) is 1.97. The van der Waals surface area contributed by atoms with E-state index in [9.17, 15) is 4.79 Å². The summed E-state index contributed by atoms with van der Waals surface area (Å²) in [6, 6.07) is 0. The van der Waals surface area contributed by atoms with Gasteiger partial charge in [-0.2, -0.15) is 0 Å². The number of aliphatic hydroxyl groups is 2. The summed E-state index contributed by atoms with van der Waals surface area (Å²) in [7, 11) is 0. The number of ketones is 1. The highest BCUT2D eigenvalue weighted by Gasteiger charge is 2.03. The molecular weight excluding hydrogens is 146 g/mol. The zero-order chi connectivity index (χ0) is 8.69. The monoisotopic (exact) mass is 161 g/mol. The van der Waals surface area contributed by atoms with Gasteiger partial charge >= 0.3 is 0 Å². The van der Waals surface area contributed by atoms with Crippen molar-refractivity contribution < 1.29 is 15.0 Å². The van der Waals surface area contributed by atoms with Crippen molar-refractivity contribution in [3.63, 3.8) is 0 Å². The molecule has 0 atom stereocenters. The minimum absolute atomic E-state index is 0.0450. The highest BCUT2D eigenvalue weighted by atomic mass is 16.5. The largest absolute Gasteiger partial charge is 0.368 e. The summed E-state index contributed by atoms with van der Waals surface area (Å²) in [4.78, 5) is 10.8. The molecule has 0 amide bonds. The number of hydrogen-bond donors (Lipinski definition) is 3. The second kappa shape index (κ2) is 6.27. The zero-order valence-electron chi connectivity index (χ0n) is 6.49. The first-order chi connectivity index (χ1) is 5.16. The molecule has 0 bridgehead atoms. The summed E-state index contributed by atoms with van der Waals surface area (Å²) in [6.07, 6.45) is 0.127. The summed E-state index contributed by atoms with van der Waals surface area (Å²) >= 11 is 0. The van der Waals surface area contributed by atoms with E-state index in [0.29, 0.717) is 19.4 Å². The molecule has 0 aliphatic rings. The molecule has 0 aliphatic heterocycles. The molecule has 0 unspecified atom stereocenters. The Balaban J connectivity index is 3.23. The maximum absolute atomic E-state index is 10.8. The molecule has 0 heterocycles. The quantitative estimate of drug-likeness (QED) is 0.453. The standard InChI is InChI=1S/C7H15NO3/c8-5-1-2-6(9)3-4-7(10)11/h7,10-11H,1-5,8H2. The lowest BCUT2D eigenvalue weighted by atomic mass is 10.1. The SMILES string of the molecule is NCCCC(=O)CCC(O)O. The molecule has 0 fully saturated rings. The van der Waals surface area contributed by atoms with Crippen LogP contribution in [-0.2, 0) is 4.79 Å². The third kappa shape index (κ3) is 7.45. The van der Waals surface area contributed by atoms with Crippen LogP contribution in [-0.4, -0.2) is 28.8 Å². The molecule has 0 saturated carbocycles. The first-order valence-electron chi connectivity index (χ1n) is 3.74. The van der Waals surface area contributed by atoms with Crippen molar-refractivity contribution in [2.45, 2.75) is 32.0 Å². The predicted octanol–water partition coefficient (Wildman–Crippen LogP) is -0.615. The lowest BCUT2D eigenvalue weighted by molar-refractivity contribution is -0.121. The topological polar surface area (TPSA) is 83.6 Å². The Morgan fingerprint density at radius 1 is 1.36 bits per heavy atom. The zero-order valence-corrected chi connectivity index (χ0v) is 6.49. The van der Waals surface area contributed by atoms with E-state index in [4.69, 9.17) is 15.9 Å². The Hall–Kier alpha value is -0.450. The van der Waals surface area contributed by atoms with Crippen LogP contribution in [0.1, 0.15) is 25.7 Å². The Morgan fingerprint density at radius 2 is 2.00 bits per heavy atom. The first kappa shape index (κ1) is 10.6. The molecule has 0 rings (SSSR count). The summed E-state index contributed by atoms with van der Waals surface area (Å²) in [5, 5.41) is 16.8. The van der Waals surface area contributed by atoms with Crippen LogP contribution in [0.15, 0.2) is 0 Å². The van der Waals surface area contributed by atoms with Crippen LogP contribution in [0.25, 0.3) is 0 Å². The summed E-state index contributed by atoms with van der Waals surface area (Å²) in [6.45, 7) is 0.507. The van der Waals surface area contributed by atoms with Crippen molar-refractivity contribution in [2.75, 3.05) is 6.54 Å². The van der Waals surface area contributed by atoms with Crippen molar-refractivity contribution in [3.8, 4) is 0 Å². The van der Waals surface area contributed by atoms with Crippen LogP contribution >= 0.6 is 0 Å². The number of nitrogens with two attached hydrogens (primary N) is 1. The van der Waals surface area contributed by atoms with E-state index in [1.807, 2.05) is 0 Å². The van der Waals surface area contributed by atoms with Crippen LogP contribution in [0.2, 0.25) is 0 Å². The molecule has 11 heavy (non-hydrogen) atoms. The van der Waals surface area contributed by atoms with Crippen LogP contribution < -0.4 is 5.73 Å². The van der Waals surface area contributed by atoms with Crippen LogP contribution in [0.5, 0.6) is 0 Å². The smallest absolute Gasteiger partial charge is 0.151 e. The minimum atomic E-state index is -1.36. The third-order valence-electron chi connectivity index (χ3n) is 1.34. The average molecular weight is 161 g/mol. The molecular formula is C7H15NO3. The number of carbonyl (C=O) groups is 1. The molecule has 4 nitrogen and oxygen atoms in total. The van der Waals surface area contributed by atoms with Gasteiger partial charge in [0.1, 0.15) is 5.78 Å². The van der Waals surface area contributed by atoms with E-state index >= 15 is 0 Å². The van der Waals surface area contributed by atoms with Crippen molar-refractivity contribution in [3.05, 3.63) is 0 Å². The second-order valence-corrected chi connectivity index (χ2v) is 2.45. The fraction of sp³-hybridized carbons (Fsp3) is 0.857. The molecule has 0 saturated heterocycles. The maximum Gasteiger partial charge on any atom is 0.151 e. The van der Waals surface area contributed by atoms with Crippen molar-refractivity contribution in [2.24, 2.45) is 5.73 Å². The molecule has 0 radical (unpaired) electrons. The lowest BCUT2D eigenvalue weighted by Crippen LogP contribution is -2.09. The first-order valence-corrected chi connectivity index (χ1v) is 3.74. The van der Waals surface area contributed by atoms with Gasteiger partial charge in [-0.3, -0.25) is 4.79 Å². The molecule has 0 aliphatic carbocycles. The summed E-state index contributed by atoms with van der Waals surface area (Å²) < 4.78 is 0. The lowest BCUT2D eigenvalue weighted by Gasteiger charge is -2.01. The molecule has 0 aromatic rings. The van der Waals surface area contributed by atoms with Crippen molar-refractivity contribution in [1.82, 2.24) is 0 Å². The Labute approximate surface area is 66.0 Å². The molecule has 66 valence electrons. The Kier molecular flexibility index (Phi) is 6.02. The van der Waals surface area contributed by atoms with Crippen LogP contribution in [0.3, 0.4) is 0 Å². The number of aliphatic hydroxyl groups excluding tert-OH is 1. The number of Topliss-reactive ketones (excluding diaryl/α,β-unsaturated/α-hetero) is 1. The van der Waals surface area contributed by atoms with E-state index < -0.39 is 6.29 Å². The van der Waals surface area contributed by atoms with Crippen LogP contribution in [0.4, 0.5) is 0 Å². The fourth-order valence-electron chi connectivity index (χ4n) is 0.714. The fourth-order valence-corrected chi connectivity index (χ4v) is 0.714. The van der Waals surface area contributed by atoms with E-state index in [1.165, 1.54) is 0 Å². The van der Waals surface area contributed by atoms with Crippen LogP contribution in [0, 0.1) is 0 Å². The number of carbonyl (C=O) groups excluding carboxylic acids is 1. The van der Waals surface area contributed by atoms with Crippen molar-refractivity contribution in [1.29, 1.82) is 0 Å². The van der Waals surface area contributed by atoms with Gasteiger partial charge in [0, 0.05) is 19.3 Å². The Morgan fingerprint density at radius 3 is 2.45 bits per heavy atom. The van der Waals surface area contributed by atoms with Crippen molar-refractivity contribution >= 4 is 5.78 Å². The summed E-state index contributed by atoms with van der Waals surface area (Å²) in [5.74, 6) is 0.0450.